The number of carbonyl (C=O) groups excluding carboxylic acids is 1. The molecular weight excluding hydrogens is 454 g/mol. The Morgan fingerprint density at radius 2 is 1.83 bits per heavy atom. The van der Waals surface area contributed by atoms with Crippen molar-refractivity contribution in [3.8, 4) is 22.7 Å². The standard InChI is InChI=1S/C25H26F2N6O2/c1-2-30-10-12-31(13-11-30)23(34)17-32-16-21(33-9-5-8-28-33)24(29-32)20-14-18-6-3-4-7-19(18)15-22(20)35-25(26)27/h3-9,14-16,25H,2,10-13,17H2,1H3. The lowest BCUT2D eigenvalue weighted by atomic mass is 10.0. The van der Waals surface area contributed by atoms with E-state index >= 15 is 0 Å². The van der Waals surface area contributed by atoms with E-state index in [1.165, 1.54) is 0 Å². The number of piperazine rings is 1. The number of benzene rings is 2. The minimum Gasteiger partial charge on any atom is -0.434 e. The van der Waals surface area contributed by atoms with Crippen LogP contribution in [0.15, 0.2) is 61.1 Å². The minimum atomic E-state index is -2.99. The van der Waals surface area contributed by atoms with E-state index in [9.17, 15) is 13.6 Å². The van der Waals surface area contributed by atoms with Gasteiger partial charge in [0.2, 0.25) is 5.91 Å². The zero-order valence-electron chi connectivity index (χ0n) is 19.3. The lowest BCUT2D eigenvalue weighted by Gasteiger charge is -2.34. The Morgan fingerprint density at radius 3 is 2.49 bits per heavy atom. The predicted molar refractivity (Wildman–Crippen MR) is 128 cm³/mol. The third-order valence-corrected chi connectivity index (χ3v) is 6.28. The van der Waals surface area contributed by atoms with Gasteiger partial charge in [-0.3, -0.25) is 9.48 Å². The summed E-state index contributed by atoms with van der Waals surface area (Å²) in [6, 6.07) is 12.6. The van der Waals surface area contributed by atoms with Crippen molar-refractivity contribution in [2.24, 2.45) is 0 Å². The van der Waals surface area contributed by atoms with E-state index in [1.807, 2.05) is 29.2 Å². The average molecular weight is 481 g/mol. The second-order valence-electron chi connectivity index (χ2n) is 8.40. The van der Waals surface area contributed by atoms with Crippen LogP contribution in [0.5, 0.6) is 5.75 Å². The first-order valence-corrected chi connectivity index (χ1v) is 11.6. The summed E-state index contributed by atoms with van der Waals surface area (Å²) in [5.41, 5.74) is 1.36. The molecule has 182 valence electrons. The second-order valence-corrected chi connectivity index (χ2v) is 8.40. The van der Waals surface area contributed by atoms with Crippen LogP contribution in [0, 0.1) is 0 Å². The number of ether oxygens (including phenoxy) is 1. The number of nitrogens with zero attached hydrogens (tertiary/aromatic N) is 6. The van der Waals surface area contributed by atoms with Crippen LogP contribution in [0.1, 0.15) is 6.92 Å². The van der Waals surface area contributed by atoms with E-state index < -0.39 is 6.61 Å². The third kappa shape index (κ3) is 4.88. The first-order chi connectivity index (χ1) is 17.0. The smallest absolute Gasteiger partial charge is 0.387 e. The topological polar surface area (TPSA) is 68.4 Å². The van der Waals surface area contributed by atoms with Crippen LogP contribution in [0.2, 0.25) is 0 Å². The number of hydrogen-bond donors (Lipinski definition) is 0. The molecule has 1 aliphatic rings. The summed E-state index contributed by atoms with van der Waals surface area (Å²) in [6.45, 7) is 3.15. The van der Waals surface area contributed by atoms with E-state index in [4.69, 9.17) is 4.74 Å². The van der Waals surface area contributed by atoms with Gasteiger partial charge in [-0.1, -0.05) is 31.2 Å². The lowest BCUT2D eigenvalue weighted by Crippen LogP contribution is -2.49. The van der Waals surface area contributed by atoms with Gasteiger partial charge in [-0.05, 0) is 35.5 Å². The van der Waals surface area contributed by atoms with Crippen LogP contribution < -0.4 is 4.74 Å². The molecule has 0 aliphatic carbocycles. The molecule has 35 heavy (non-hydrogen) atoms. The Bertz CT molecular complexity index is 1310. The zero-order valence-corrected chi connectivity index (χ0v) is 19.3. The molecule has 3 heterocycles. The van der Waals surface area contributed by atoms with Gasteiger partial charge in [0.25, 0.3) is 0 Å². The number of aromatic nitrogens is 4. The Morgan fingerprint density at radius 1 is 1.09 bits per heavy atom. The Balaban J connectivity index is 1.53. The molecule has 1 saturated heterocycles. The molecule has 0 radical (unpaired) electrons. The maximum absolute atomic E-state index is 13.3. The van der Waals surface area contributed by atoms with Gasteiger partial charge >= 0.3 is 6.61 Å². The molecule has 0 spiro atoms. The Labute approximate surface area is 201 Å². The van der Waals surface area contributed by atoms with Crippen LogP contribution >= 0.6 is 0 Å². The second kappa shape index (κ2) is 9.83. The molecule has 1 amide bonds. The summed E-state index contributed by atoms with van der Waals surface area (Å²) in [7, 11) is 0. The van der Waals surface area contributed by atoms with Crippen molar-refractivity contribution in [2.45, 2.75) is 20.1 Å². The molecule has 1 fully saturated rings. The van der Waals surface area contributed by atoms with Gasteiger partial charge in [0, 0.05) is 44.1 Å². The average Bonchev–Trinajstić information content (AvgIpc) is 3.53. The normalized spacial score (nSPS) is 14.7. The quantitative estimate of drug-likeness (QED) is 0.404. The Kier molecular flexibility index (Phi) is 6.45. The molecule has 0 bridgehead atoms. The van der Waals surface area contributed by atoms with E-state index in [0.717, 1.165) is 30.4 Å². The number of fused-ring (bicyclic) bond motifs is 1. The number of amides is 1. The lowest BCUT2D eigenvalue weighted by molar-refractivity contribution is -0.133. The number of likely N-dealkylation sites (N-methyl/N-ethyl adjacent to an activating group) is 1. The molecule has 2 aromatic heterocycles. The maximum atomic E-state index is 13.3. The van der Waals surface area contributed by atoms with E-state index in [2.05, 4.69) is 22.0 Å². The summed E-state index contributed by atoms with van der Waals surface area (Å²) in [4.78, 5) is 17.1. The van der Waals surface area contributed by atoms with Crippen molar-refractivity contribution < 1.29 is 18.3 Å². The van der Waals surface area contributed by atoms with Gasteiger partial charge in [0.1, 0.15) is 23.7 Å². The van der Waals surface area contributed by atoms with E-state index in [-0.39, 0.29) is 18.2 Å². The van der Waals surface area contributed by atoms with Gasteiger partial charge in [0.15, 0.2) is 0 Å². The summed E-state index contributed by atoms with van der Waals surface area (Å²) >= 11 is 0. The molecule has 4 aromatic rings. The highest BCUT2D eigenvalue weighted by molar-refractivity contribution is 5.91. The van der Waals surface area contributed by atoms with Crippen LogP contribution in [-0.4, -0.2) is 74.6 Å². The monoisotopic (exact) mass is 480 g/mol. The van der Waals surface area contributed by atoms with Crippen molar-refractivity contribution in [1.82, 2.24) is 29.4 Å². The summed E-state index contributed by atoms with van der Waals surface area (Å²) in [5, 5.41) is 10.6. The number of alkyl halides is 2. The van der Waals surface area contributed by atoms with E-state index in [1.54, 1.807) is 46.2 Å². The molecule has 10 heteroatoms. The molecule has 5 rings (SSSR count). The molecule has 2 aromatic carbocycles. The fourth-order valence-electron chi connectivity index (χ4n) is 4.41. The summed E-state index contributed by atoms with van der Waals surface area (Å²) in [6.07, 6.45) is 5.08. The van der Waals surface area contributed by atoms with Crippen LogP contribution in [0.3, 0.4) is 0 Å². The highest BCUT2D eigenvalue weighted by Crippen LogP contribution is 2.37. The number of carbonyl (C=O) groups is 1. The van der Waals surface area contributed by atoms with Crippen LogP contribution in [-0.2, 0) is 11.3 Å². The van der Waals surface area contributed by atoms with E-state index in [0.29, 0.717) is 30.0 Å². The van der Waals surface area contributed by atoms with Crippen molar-refractivity contribution in [1.29, 1.82) is 0 Å². The molecule has 0 saturated carbocycles. The SMILES string of the molecule is CCN1CCN(C(=O)Cn2cc(-n3cccn3)c(-c3cc4ccccc4cc3OC(F)F)n2)CC1. The van der Waals surface area contributed by atoms with Gasteiger partial charge in [-0.25, -0.2) is 4.68 Å². The van der Waals surface area contributed by atoms with Crippen molar-refractivity contribution in [2.75, 3.05) is 32.7 Å². The third-order valence-electron chi connectivity index (χ3n) is 6.28. The molecule has 8 nitrogen and oxygen atoms in total. The van der Waals surface area contributed by atoms with Crippen molar-refractivity contribution in [3.05, 3.63) is 61.1 Å². The molecule has 1 aliphatic heterocycles. The largest absolute Gasteiger partial charge is 0.434 e. The Hall–Kier alpha value is -3.79. The van der Waals surface area contributed by atoms with Gasteiger partial charge in [-0.2, -0.15) is 19.0 Å². The fraction of sp³-hybridized carbons (Fsp3) is 0.320. The zero-order chi connectivity index (χ0) is 24.4. The van der Waals surface area contributed by atoms with Crippen LogP contribution in [0.25, 0.3) is 27.7 Å². The highest BCUT2D eigenvalue weighted by atomic mass is 19.3. The number of rotatable bonds is 7. The minimum absolute atomic E-state index is 0.0133. The molecular formula is C25H26F2N6O2. The van der Waals surface area contributed by atoms with Gasteiger partial charge in [0.05, 0.1) is 6.20 Å². The fourth-order valence-corrected chi connectivity index (χ4v) is 4.41. The summed E-state index contributed by atoms with van der Waals surface area (Å²) < 4.78 is 34.7. The predicted octanol–water partition coefficient (Wildman–Crippen LogP) is 3.65. The molecule has 0 unspecified atom stereocenters. The first kappa shape index (κ1) is 23.0. The number of halogens is 2. The van der Waals surface area contributed by atoms with Gasteiger partial charge in [-0.15, -0.1) is 0 Å². The number of hydrogen-bond acceptors (Lipinski definition) is 5. The summed E-state index contributed by atoms with van der Waals surface area (Å²) in [5.74, 6) is -0.0243. The van der Waals surface area contributed by atoms with Crippen molar-refractivity contribution in [3.63, 3.8) is 0 Å². The van der Waals surface area contributed by atoms with Gasteiger partial charge < -0.3 is 14.5 Å². The highest BCUT2D eigenvalue weighted by Gasteiger charge is 2.24. The molecule has 0 atom stereocenters. The molecule has 0 N–H and O–H groups in total. The van der Waals surface area contributed by atoms with Crippen LogP contribution in [0.4, 0.5) is 8.78 Å². The maximum Gasteiger partial charge on any atom is 0.387 e. The first-order valence-electron chi connectivity index (χ1n) is 11.6. The van der Waals surface area contributed by atoms with Crippen molar-refractivity contribution >= 4 is 16.7 Å².